The summed E-state index contributed by atoms with van der Waals surface area (Å²) in [6, 6.07) is 11.2. The molecule has 4 rings (SSSR count). The van der Waals surface area contributed by atoms with Gasteiger partial charge in [-0.25, -0.2) is 4.79 Å². The monoisotopic (exact) mass is 428 g/mol. The smallest absolute Gasteiger partial charge is 0.336 e. The molecule has 0 bridgehead atoms. The highest BCUT2D eigenvalue weighted by Crippen LogP contribution is 2.22. The van der Waals surface area contributed by atoms with Crippen LogP contribution in [0.15, 0.2) is 56.3 Å². The Hall–Kier alpha value is -2.61. The second kappa shape index (κ2) is 10.6. The predicted molar refractivity (Wildman–Crippen MR) is 117 cm³/mol. The number of hydrogen-bond acceptors (Lipinski definition) is 5. The molecule has 0 amide bonds. The molecule has 0 aliphatic carbocycles. The van der Waals surface area contributed by atoms with Gasteiger partial charge in [0.05, 0.1) is 39.2 Å². The molecule has 1 aliphatic heterocycles. The lowest BCUT2D eigenvalue weighted by Gasteiger charge is -2.25. The fraction of sp³-hybridized carbons (Fsp3) is 0.458. The van der Waals surface area contributed by atoms with Crippen molar-refractivity contribution >= 4 is 11.0 Å². The number of hydrogen-bond donors (Lipinski definition) is 2. The third kappa shape index (κ3) is 5.97. The summed E-state index contributed by atoms with van der Waals surface area (Å²) < 4.78 is 22.2. The summed E-state index contributed by atoms with van der Waals surface area (Å²) >= 11 is 0. The third-order valence-corrected chi connectivity index (χ3v) is 5.82. The van der Waals surface area contributed by atoms with Gasteiger partial charge in [0.1, 0.15) is 37.5 Å². The first-order chi connectivity index (χ1) is 15.2. The molecule has 0 saturated carbocycles. The van der Waals surface area contributed by atoms with Gasteiger partial charge in [0.25, 0.3) is 0 Å². The number of fused-ring (bicyclic) bond motifs is 1. The summed E-state index contributed by atoms with van der Waals surface area (Å²) in [5.74, 6) is 1.74. The molecule has 7 heteroatoms. The van der Waals surface area contributed by atoms with Crippen LogP contribution in [0, 0.1) is 0 Å². The van der Waals surface area contributed by atoms with Crippen molar-refractivity contribution in [3.63, 3.8) is 0 Å². The molecular formula is C24H32N2O5+2. The second-order valence-electron chi connectivity index (χ2n) is 8.08. The van der Waals surface area contributed by atoms with Crippen LogP contribution in [-0.2, 0) is 17.8 Å². The maximum Gasteiger partial charge on any atom is 0.336 e. The SMILES string of the molecule is CCOc1ccc2oc(=O)cc(C[NH+](CCC[NH+]3CCOCC3)Cc3ccco3)c2c1. The van der Waals surface area contributed by atoms with Crippen LogP contribution in [0.1, 0.15) is 24.7 Å². The van der Waals surface area contributed by atoms with Crippen LogP contribution in [0.5, 0.6) is 5.75 Å². The van der Waals surface area contributed by atoms with Crippen molar-refractivity contribution in [2.45, 2.75) is 26.4 Å². The number of morpholine rings is 1. The molecule has 3 heterocycles. The Labute approximate surface area is 182 Å². The molecular weight excluding hydrogens is 396 g/mol. The molecule has 0 spiro atoms. The van der Waals surface area contributed by atoms with Crippen molar-refractivity contribution in [3.8, 4) is 5.75 Å². The van der Waals surface area contributed by atoms with E-state index in [4.69, 9.17) is 18.3 Å². The van der Waals surface area contributed by atoms with Crippen molar-refractivity contribution < 1.29 is 28.1 Å². The van der Waals surface area contributed by atoms with Gasteiger partial charge >= 0.3 is 5.63 Å². The Bertz CT molecular complexity index is 1010. The van der Waals surface area contributed by atoms with Gasteiger partial charge in [-0.05, 0) is 37.3 Å². The Balaban J connectivity index is 1.52. The number of nitrogens with one attached hydrogen (secondary N) is 2. The maximum absolute atomic E-state index is 12.2. The van der Waals surface area contributed by atoms with Crippen molar-refractivity contribution in [1.82, 2.24) is 0 Å². The molecule has 1 atom stereocenters. The van der Waals surface area contributed by atoms with Crippen LogP contribution in [0.3, 0.4) is 0 Å². The van der Waals surface area contributed by atoms with Gasteiger partial charge in [-0.2, -0.15) is 0 Å². The molecule has 31 heavy (non-hydrogen) atoms. The molecule has 1 saturated heterocycles. The van der Waals surface area contributed by atoms with E-state index < -0.39 is 0 Å². The van der Waals surface area contributed by atoms with Gasteiger partial charge in [-0.1, -0.05) is 0 Å². The van der Waals surface area contributed by atoms with Crippen LogP contribution in [0.2, 0.25) is 0 Å². The van der Waals surface area contributed by atoms with E-state index in [2.05, 4.69) is 0 Å². The highest BCUT2D eigenvalue weighted by Gasteiger charge is 2.19. The predicted octanol–water partition coefficient (Wildman–Crippen LogP) is 0.675. The summed E-state index contributed by atoms with van der Waals surface area (Å²) in [5.41, 5.74) is 1.26. The largest absolute Gasteiger partial charge is 0.494 e. The highest BCUT2D eigenvalue weighted by atomic mass is 16.5. The van der Waals surface area contributed by atoms with Crippen molar-refractivity contribution in [2.24, 2.45) is 0 Å². The Morgan fingerprint density at radius 2 is 2.00 bits per heavy atom. The van der Waals surface area contributed by atoms with E-state index in [0.29, 0.717) is 12.2 Å². The molecule has 166 valence electrons. The molecule has 3 aromatic rings. The number of ether oxygens (including phenoxy) is 2. The zero-order valence-electron chi connectivity index (χ0n) is 18.2. The van der Waals surface area contributed by atoms with Gasteiger partial charge in [0, 0.05) is 23.4 Å². The van der Waals surface area contributed by atoms with Crippen molar-refractivity contribution in [3.05, 3.63) is 64.4 Å². The third-order valence-electron chi connectivity index (χ3n) is 5.82. The van der Waals surface area contributed by atoms with E-state index in [9.17, 15) is 4.79 Å². The quantitative estimate of drug-likeness (QED) is 0.465. The summed E-state index contributed by atoms with van der Waals surface area (Å²) in [7, 11) is 0. The molecule has 2 aromatic heterocycles. The zero-order chi connectivity index (χ0) is 21.5. The summed E-state index contributed by atoms with van der Waals surface area (Å²) in [5, 5.41) is 0.932. The standard InChI is InChI=1S/C24H30N2O5/c1-2-29-20-6-7-23-22(16-20)19(15-24(27)31-23)17-26(18-21-5-3-12-30-21)9-4-8-25-10-13-28-14-11-25/h3,5-7,12,15-16H,2,4,8-11,13-14,17-18H2,1H3/p+2. The summed E-state index contributed by atoms with van der Waals surface area (Å²) in [6.45, 7) is 10.1. The number of furan rings is 1. The van der Waals surface area contributed by atoms with E-state index in [1.807, 2.05) is 37.3 Å². The molecule has 1 unspecified atom stereocenters. The van der Waals surface area contributed by atoms with E-state index >= 15 is 0 Å². The minimum Gasteiger partial charge on any atom is -0.494 e. The van der Waals surface area contributed by atoms with Gasteiger partial charge in [0.15, 0.2) is 5.76 Å². The van der Waals surface area contributed by atoms with Crippen molar-refractivity contribution in [1.29, 1.82) is 0 Å². The minimum atomic E-state index is -0.318. The molecule has 1 aliphatic rings. The number of rotatable bonds is 10. The fourth-order valence-corrected chi connectivity index (χ4v) is 4.28. The fourth-order valence-electron chi connectivity index (χ4n) is 4.28. The maximum atomic E-state index is 12.2. The first-order valence-electron chi connectivity index (χ1n) is 11.2. The van der Waals surface area contributed by atoms with Crippen molar-refractivity contribution in [2.75, 3.05) is 46.0 Å². The van der Waals surface area contributed by atoms with Gasteiger partial charge < -0.3 is 28.1 Å². The average molecular weight is 429 g/mol. The van der Waals surface area contributed by atoms with Crippen LogP contribution < -0.4 is 20.2 Å². The number of quaternary nitrogens is 2. The highest BCUT2D eigenvalue weighted by molar-refractivity contribution is 5.81. The van der Waals surface area contributed by atoms with Gasteiger partial charge in [-0.15, -0.1) is 0 Å². The molecule has 1 fully saturated rings. The Morgan fingerprint density at radius 1 is 1.13 bits per heavy atom. The average Bonchev–Trinajstić information content (AvgIpc) is 3.28. The van der Waals surface area contributed by atoms with E-state index in [1.165, 1.54) is 4.90 Å². The summed E-state index contributed by atoms with van der Waals surface area (Å²) in [4.78, 5) is 15.2. The lowest BCUT2D eigenvalue weighted by molar-refractivity contribution is -0.939. The Kier molecular flexibility index (Phi) is 7.40. The zero-order valence-corrected chi connectivity index (χ0v) is 18.2. The van der Waals surface area contributed by atoms with Crippen LogP contribution in [0.25, 0.3) is 11.0 Å². The van der Waals surface area contributed by atoms with E-state index in [1.54, 1.807) is 17.2 Å². The molecule has 1 aromatic carbocycles. The van der Waals surface area contributed by atoms with Gasteiger partial charge in [-0.3, -0.25) is 0 Å². The first-order valence-corrected chi connectivity index (χ1v) is 11.2. The minimum absolute atomic E-state index is 0.318. The lowest BCUT2D eigenvalue weighted by Crippen LogP contribution is -3.15. The first kappa shape index (κ1) is 21.6. The second-order valence-corrected chi connectivity index (χ2v) is 8.08. The number of benzene rings is 1. The molecule has 2 N–H and O–H groups in total. The van der Waals surface area contributed by atoms with E-state index in [-0.39, 0.29) is 5.63 Å². The Morgan fingerprint density at radius 3 is 2.77 bits per heavy atom. The van der Waals surface area contributed by atoms with Gasteiger partial charge in [0.2, 0.25) is 0 Å². The van der Waals surface area contributed by atoms with Crippen LogP contribution >= 0.6 is 0 Å². The van der Waals surface area contributed by atoms with Crippen LogP contribution in [0.4, 0.5) is 0 Å². The van der Waals surface area contributed by atoms with Crippen LogP contribution in [-0.4, -0.2) is 46.0 Å². The normalized spacial score (nSPS) is 15.9. The lowest BCUT2D eigenvalue weighted by atomic mass is 10.1. The topological polar surface area (TPSA) is 70.7 Å². The summed E-state index contributed by atoms with van der Waals surface area (Å²) in [6.07, 6.45) is 2.82. The molecule has 7 nitrogen and oxygen atoms in total. The molecule has 0 radical (unpaired) electrons. The van der Waals surface area contributed by atoms with E-state index in [0.717, 1.165) is 81.4 Å².